The molecule has 6 heteroatoms. The predicted molar refractivity (Wildman–Crippen MR) is 79.4 cm³/mol. The monoisotopic (exact) mass is 312 g/mol. The SMILES string of the molecule is CN(Cc1ccc(Cl)s1)C(=O)NCc1ccc(F)cc1. The van der Waals surface area contributed by atoms with Crippen LogP contribution in [0.4, 0.5) is 9.18 Å². The minimum Gasteiger partial charge on any atom is -0.334 e. The van der Waals surface area contributed by atoms with Crippen molar-refractivity contribution in [2.45, 2.75) is 13.1 Å². The summed E-state index contributed by atoms with van der Waals surface area (Å²) in [6.45, 7) is 0.876. The number of thiophene rings is 1. The summed E-state index contributed by atoms with van der Waals surface area (Å²) in [4.78, 5) is 14.5. The van der Waals surface area contributed by atoms with Crippen LogP contribution in [0.5, 0.6) is 0 Å². The first-order valence-corrected chi connectivity index (χ1v) is 7.21. The summed E-state index contributed by atoms with van der Waals surface area (Å²) in [5.74, 6) is -0.285. The number of carbonyl (C=O) groups excluding carboxylic acids is 1. The molecule has 0 fully saturated rings. The molecule has 0 saturated carbocycles. The average Bonchev–Trinajstić information content (AvgIpc) is 2.83. The average molecular weight is 313 g/mol. The molecule has 2 amide bonds. The molecule has 0 aliphatic carbocycles. The molecule has 0 aliphatic heterocycles. The predicted octanol–water partition coefficient (Wildman–Crippen LogP) is 3.88. The third-order valence-corrected chi connectivity index (χ3v) is 3.94. The number of halogens is 2. The summed E-state index contributed by atoms with van der Waals surface area (Å²) < 4.78 is 13.5. The van der Waals surface area contributed by atoms with E-state index in [0.717, 1.165) is 10.4 Å². The van der Waals surface area contributed by atoms with Crippen LogP contribution in [0.1, 0.15) is 10.4 Å². The lowest BCUT2D eigenvalue weighted by atomic mass is 10.2. The van der Waals surface area contributed by atoms with Crippen LogP contribution in [0.25, 0.3) is 0 Å². The lowest BCUT2D eigenvalue weighted by Gasteiger charge is -2.17. The second-order valence-corrected chi connectivity index (χ2v) is 6.15. The normalized spacial score (nSPS) is 10.3. The van der Waals surface area contributed by atoms with Gasteiger partial charge in [-0.2, -0.15) is 0 Å². The summed E-state index contributed by atoms with van der Waals surface area (Å²) in [5, 5.41) is 2.78. The van der Waals surface area contributed by atoms with Gasteiger partial charge >= 0.3 is 6.03 Å². The van der Waals surface area contributed by atoms with E-state index < -0.39 is 0 Å². The third-order valence-electron chi connectivity index (χ3n) is 2.73. The van der Waals surface area contributed by atoms with Crippen LogP contribution in [-0.2, 0) is 13.1 Å². The van der Waals surface area contributed by atoms with Crippen LogP contribution in [0.15, 0.2) is 36.4 Å². The van der Waals surface area contributed by atoms with Gasteiger partial charge in [-0.05, 0) is 29.8 Å². The van der Waals surface area contributed by atoms with Crippen molar-refractivity contribution in [1.29, 1.82) is 0 Å². The van der Waals surface area contributed by atoms with E-state index in [-0.39, 0.29) is 11.8 Å². The van der Waals surface area contributed by atoms with Crippen LogP contribution in [0.2, 0.25) is 4.34 Å². The third kappa shape index (κ3) is 4.21. The van der Waals surface area contributed by atoms with Crippen molar-refractivity contribution in [3.05, 3.63) is 57.0 Å². The molecule has 2 rings (SSSR count). The Labute approximate surface area is 126 Å². The van der Waals surface area contributed by atoms with E-state index in [1.165, 1.54) is 23.5 Å². The quantitative estimate of drug-likeness (QED) is 0.913. The Morgan fingerprint density at radius 2 is 2.00 bits per heavy atom. The molecule has 0 spiro atoms. The highest BCUT2D eigenvalue weighted by atomic mass is 35.5. The molecule has 3 nitrogen and oxygen atoms in total. The van der Waals surface area contributed by atoms with Crippen molar-refractivity contribution >= 4 is 29.0 Å². The molecule has 1 aromatic carbocycles. The topological polar surface area (TPSA) is 32.3 Å². The zero-order chi connectivity index (χ0) is 14.5. The summed E-state index contributed by atoms with van der Waals surface area (Å²) in [6, 6.07) is 9.57. The molecule has 0 bridgehead atoms. The van der Waals surface area contributed by atoms with Crippen molar-refractivity contribution in [2.75, 3.05) is 7.05 Å². The van der Waals surface area contributed by atoms with E-state index in [9.17, 15) is 9.18 Å². The van der Waals surface area contributed by atoms with Crippen molar-refractivity contribution in [3.63, 3.8) is 0 Å². The standard InChI is InChI=1S/C14H14ClFN2OS/c1-18(9-12-6-7-13(15)20-12)14(19)17-8-10-2-4-11(16)5-3-10/h2-7H,8-9H2,1H3,(H,17,19). The van der Waals surface area contributed by atoms with Gasteiger partial charge in [-0.25, -0.2) is 9.18 Å². The number of urea groups is 1. The number of rotatable bonds is 4. The van der Waals surface area contributed by atoms with Gasteiger partial charge in [0.05, 0.1) is 10.9 Å². The van der Waals surface area contributed by atoms with Crippen molar-refractivity contribution in [2.24, 2.45) is 0 Å². The minimum atomic E-state index is -0.285. The first kappa shape index (κ1) is 14.8. The fourth-order valence-corrected chi connectivity index (χ4v) is 2.80. The molecule has 106 valence electrons. The molecule has 1 aromatic heterocycles. The Hall–Kier alpha value is -1.59. The van der Waals surface area contributed by atoms with E-state index in [4.69, 9.17) is 11.6 Å². The number of nitrogens with one attached hydrogen (secondary N) is 1. The molecular formula is C14H14ClFN2OS. The van der Waals surface area contributed by atoms with E-state index in [2.05, 4.69) is 5.32 Å². The lowest BCUT2D eigenvalue weighted by molar-refractivity contribution is 0.207. The first-order valence-electron chi connectivity index (χ1n) is 6.02. The minimum absolute atomic E-state index is 0.182. The van der Waals surface area contributed by atoms with Crippen LogP contribution < -0.4 is 5.32 Å². The fraction of sp³-hybridized carbons (Fsp3) is 0.214. The van der Waals surface area contributed by atoms with Gasteiger partial charge in [0.25, 0.3) is 0 Å². The number of hydrogen-bond donors (Lipinski definition) is 1. The van der Waals surface area contributed by atoms with Gasteiger partial charge in [0.1, 0.15) is 5.82 Å². The molecule has 0 radical (unpaired) electrons. The molecule has 1 heterocycles. The second-order valence-electron chi connectivity index (χ2n) is 4.35. The zero-order valence-electron chi connectivity index (χ0n) is 10.9. The van der Waals surface area contributed by atoms with Crippen molar-refractivity contribution in [3.8, 4) is 0 Å². The maximum Gasteiger partial charge on any atom is 0.317 e. The highest BCUT2D eigenvalue weighted by molar-refractivity contribution is 7.16. The number of carbonyl (C=O) groups is 1. The largest absolute Gasteiger partial charge is 0.334 e. The Morgan fingerprint density at radius 1 is 1.30 bits per heavy atom. The zero-order valence-corrected chi connectivity index (χ0v) is 12.5. The fourth-order valence-electron chi connectivity index (χ4n) is 1.66. The van der Waals surface area contributed by atoms with Gasteiger partial charge < -0.3 is 10.2 Å². The van der Waals surface area contributed by atoms with Crippen molar-refractivity contribution < 1.29 is 9.18 Å². The van der Waals surface area contributed by atoms with Gasteiger partial charge in [0.2, 0.25) is 0 Å². The van der Waals surface area contributed by atoms with Crippen molar-refractivity contribution in [1.82, 2.24) is 10.2 Å². The first-order chi connectivity index (χ1) is 9.54. The molecule has 0 saturated heterocycles. The van der Waals surface area contributed by atoms with Gasteiger partial charge in [-0.3, -0.25) is 0 Å². The molecule has 20 heavy (non-hydrogen) atoms. The maximum absolute atomic E-state index is 12.8. The van der Waals surface area contributed by atoms with Crippen LogP contribution in [0.3, 0.4) is 0 Å². The Kier molecular flexibility index (Phi) is 4.98. The van der Waals surface area contributed by atoms with Crippen LogP contribution in [0, 0.1) is 5.82 Å². The summed E-state index contributed by atoms with van der Waals surface area (Å²) in [5.41, 5.74) is 0.854. The highest BCUT2D eigenvalue weighted by Crippen LogP contribution is 2.22. The summed E-state index contributed by atoms with van der Waals surface area (Å²) >= 11 is 7.30. The Morgan fingerprint density at radius 3 is 2.60 bits per heavy atom. The molecule has 0 atom stereocenters. The Bertz CT molecular complexity index is 585. The molecule has 2 aromatic rings. The second kappa shape index (κ2) is 6.72. The van der Waals surface area contributed by atoms with Gasteiger partial charge in [0.15, 0.2) is 0 Å². The number of benzene rings is 1. The Balaban J connectivity index is 1.83. The van der Waals surface area contributed by atoms with E-state index in [0.29, 0.717) is 17.4 Å². The van der Waals surface area contributed by atoms with E-state index >= 15 is 0 Å². The van der Waals surface area contributed by atoms with Gasteiger partial charge in [-0.15, -0.1) is 11.3 Å². The number of amides is 2. The van der Waals surface area contributed by atoms with Crippen LogP contribution in [-0.4, -0.2) is 18.0 Å². The van der Waals surface area contributed by atoms with Gasteiger partial charge in [-0.1, -0.05) is 23.7 Å². The lowest BCUT2D eigenvalue weighted by Crippen LogP contribution is -2.36. The number of hydrogen-bond acceptors (Lipinski definition) is 2. The van der Waals surface area contributed by atoms with E-state index in [1.54, 1.807) is 24.1 Å². The molecule has 0 unspecified atom stereocenters. The summed E-state index contributed by atoms with van der Waals surface area (Å²) in [6.07, 6.45) is 0. The maximum atomic E-state index is 12.8. The summed E-state index contributed by atoms with van der Waals surface area (Å²) in [7, 11) is 1.72. The molecule has 0 aliphatic rings. The highest BCUT2D eigenvalue weighted by Gasteiger charge is 2.10. The molecule has 1 N–H and O–H groups in total. The number of nitrogens with zero attached hydrogens (tertiary/aromatic N) is 1. The van der Waals surface area contributed by atoms with E-state index in [1.807, 2.05) is 12.1 Å². The van der Waals surface area contributed by atoms with Crippen LogP contribution >= 0.6 is 22.9 Å². The van der Waals surface area contributed by atoms with Gasteiger partial charge in [0, 0.05) is 18.5 Å². The smallest absolute Gasteiger partial charge is 0.317 e. The molecular weight excluding hydrogens is 299 g/mol.